The summed E-state index contributed by atoms with van der Waals surface area (Å²) in [5.41, 5.74) is 1.31. The summed E-state index contributed by atoms with van der Waals surface area (Å²) in [4.78, 5) is 24.4. The predicted octanol–water partition coefficient (Wildman–Crippen LogP) is 3.34. The number of phenolic OH excluding ortho intramolecular Hbond substituents is 1. The fraction of sp³-hybridized carbons (Fsp3) is 0.318. The molecule has 1 unspecified atom stereocenters. The van der Waals surface area contributed by atoms with Crippen LogP contribution in [0.15, 0.2) is 48.8 Å². The van der Waals surface area contributed by atoms with Crippen LogP contribution in [-0.2, 0) is 4.74 Å². The van der Waals surface area contributed by atoms with Crippen LogP contribution in [-0.4, -0.2) is 63.8 Å². The highest BCUT2D eigenvalue weighted by Gasteiger charge is 2.32. The minimum atomic E-state index is -0.476. The lowest BCUT2D eigenvalue weighted by Crippen LogP contribution is -2.50. The Bertz CT molecular complexity index is 1040. The molecule has 30 heavy (non-hydrogen) atoms. The Kier molecular flexibility index (Phi) is 5.76. The Labute approximate surface area is 173 Å². The molecule has 3 heterocycles. The van der Waals surface area contributed by atoms with Crippen molar-refractivity contribution >= 4 is 17.0 Å². The number of rotatable bonds is 4. The molecule has 0 aliphatic carbocycles. The molecule has 156 valence electrons. The number of carbonyl (C=O) groups excluding carboxylic acids is 1. The molecule has 0 spiro atoms. The molecular formula is C22H23FN4O3. The van der Waals surface area contributed by atoms with E-state index in [-0.39, 0.29) is 22.7 Å². The van der Waals surface area contributed by atoms with Crippen molar-refractivity contribution < 1.29 is 19.0 Å². The molecule has 0 bridgehead atoms. The Hall–Kier alpha value is -3.26. The lowest BCUT2D eigenvalue weighted by atomic mass is 9.97. The minimum Gasteiger partial charge on any atom is -0.505 e. The second-order valence-corrected chi connectivity index (χ2v) is 7.07. The first-order chi connectivity index (χ1) is 14.6. The molecule has 1 fully saturated rings. The number of hydrogen-bond acceptors (Lipinski definition) is 6. The second-order valence-electron chi connectivity index (χ2n) is 7.07. The number of piperazine rings is 1. The summed E-state index contributed by atoms with van der Waals surface area (Å²) in [5.74, 6) is -0.507. The number of aromatic nitrogens is 2. The zero-order valence-corrected chi connectivity index (χ0v) is 16.7. The van der Waals surface area contributed by atoms with E-state index in [0.717, 1.165) is 0 Å². The molecule has 1 aliphatic rings. The summed E-state index contributed by atoms with van der Waals surface area (Å²) >= 11 is 0. The first-order valence-electron chi connectivity index (χ1n) is 9.93. The molecule has 0 radical (unpaired) electrons. The van der Waals surface area contributed by atoms with Gasteiger partial charge in [-0.15, -0.1) is 0 Å². The number of fused-ring (bicyclic) bond motifs is 1. The number of nitrogens with zero attached hydrogens (tertiary/aromatic N) is 4. The maximum Gasteiger partial charge on any atom is 0.409 e. The molecule has 1 N–H and O–H groups in total. The fourth-order valence-corrected chi connectivity index (χ4v) is 3.87. The van der Waals surface area contributed by atoms with E-state index in [0.29, 0.717) is 44.0 Å². The maximum atomic E-state index is 14.9. The largest absolute Gasteiger partial charge is 0.505 e. The third-order valence-corrected chi connectivity index (χ3v) is 5.31. The van der Waals surface area contributed by atoms with Crippen molar-refractivity contribution in [1.82, 2.24) is 19.8 Å². The first kappa shape index (κ1) is 20.0. The highest BCUT2D eigenvalue weighted by molar-refractivity contribution is 5.86. The summed E-state index contributed by atoms with van der Waals surface area (Å²) in [7, 11) is 0. The smallest absolute Gasteiger partial charge is 0.409 e. The summed E-state index contributed by atoms with van der Waals surface area (Å²) in [6, 6.07) is 9.62. The Balaban J connectivity index is 1.72. The van der Waals surface area contributed by atoms with Gasteiger partial charge in [-0.3, -0.25) is 14.9 Å². The number of carbonyl (C=O) groups is 1. The van der Waals surface area contributed by atoms with Crippen LogP contribution in [0.2, 0.25) is 0 Å². The van der Waals surface area contributed by atoms with E-state index in [9.17, 15) is 14.3 Å². The zero-order chi connectivity index (χ0) is 21.1. The number of hydrogen-bond donors (Lipinski definition) is 1. The number of ether oxygens (including phenoxy) is 1. The average molecular weight is 410 g/mol. The van der Waals surface area contributed by atoms with E-state index in [1.165, 1.54) is 12.3 Å². The van der Waals surface area contributed by atoms with Gasteiger partial charge in [-0.25, -0.2) is 9.18 Å². The van der Waals surface area contributed by atoms with E-state index in [2.05, 4.69) is 14.9 Å². The van der Waals surface area contributed by atoms with E-state index in [1.807, 2.05) is 18.2 Å². The van der Waals surface area contributed by atoms with Gasteiger partial charge in [0.2, 0.25) is 0 Å². The molecule has 2 aromatic heterocycles. The van der Waals surface area contributed by atoms with Crippen molar-refractivity contribution in [3.05, 3.63) is 65.9 Å². The topological polar surface area (TPSA) is 78.8 Å². The van der Waals surface area contributed by atoms with Gasteiger partial charge in [0.25, 0.3) is 0 Å². The lowest BCUT2D eigenvalue weighted by molar-refractivity contribution is 0.0706. The summed E-state index contributed by atoms with van der Waals surface area (Å²) in [6.07, 6.45) is 2.86. The molecule has 1 saturated heterocycles. The van der Waals surface area contributed by atoms with Crippen molar-refractivity contribution in [3.63, 3.8) is 0 Å². The number of amides is 1. The molecule has 1 amide bonds. The molecule has 3 aromatic rings. The third kappa shape index (κ3) is 3.78. The third-order valence-electron chi connectivity index (χ3n) is 5.31. The summed E-state index contributed by atoms with van der Waals surface area (Å²) < 4.78 is 20.0. The molecule has 0 saturated carbocycles. The van der Waals surface area contributed by atoms with Crippen molar-refractivity contribution in [2.24, 2.45) is 0 Å². The maximum absolute atomic E-state index is 14.9. The molecule has 1 aliphatic heterocycles. The van der Waals surface area contributed by atoms with Gasteiger partial charge in [-0.05, 0) is 37.3 Å². The minimum absolute atomic E-state index is 0.0597. The van der Waals surface area contributed by atoms with Crippen LogP contribution in [0.1, 0.15) is 24.2 Å². The van der Waals surface area contributed by atoms with E-state index in [1.54, 1.807) is 30.2 Å². The monoisotopic (exact) mass is 410 g/mol. The molecule has 1 aromatic carbocycles. The Morgan fingerprint density at radius 3 is 2.63 bits per heavy atom. The van der Waals surface area contributed by atoms with Crippen molar-refractivity contribution in [1.29, 1.82) is 0 Å². The molecular weight excluding hydrogens is 387 g/mol. The van der Waals surface area contributed by atoms with Crippen molar-refractivity contribution in [3.8, 4) is 5.75 Å². The van der Waals surface area contributed by atoms with Crippen LogP contribution >= 0.6 is 0 Å². The summed E-state index contributed by atoms with van der Waals surface area (Å²) in [6.45, 7) is 4.10. The van der Waals surface area contributed by atoms with Crippen LogP contribution in [0.3, 0.4) is 0 Å². The summed E-state index contributed by atoms with van der Waals surface area (Å²) in [5, 5.41) is 11.2. The van der Waals surface area contributed by atoms with Crippen molar-refractivity contribution in [2.45, 2.75) is 13.0 Å². The van der Waals surface area contributed by atoms with Gasteiger partial charge < -0.3 is 14.7 Å². The average Bonchev–Trinajstić information content (AvgIpc) is 2.79. The van der Waals surface area contributed by atoms with E-state index >= 15 is 0 Å². The standard InChI is InChI=1S/C22H23FN4O3/c1-2-30-22(29)27-12-10-26(11-13-27)20(18-7-3-4-8-24-18)16-14-17(23)15-6-5-9-25-19(15)21(16)28/h3-9,14,20,28H,2,10-13H2,1H3. The number of aromatic hydroxyl groups is 1. The fourth-order valence-electron chi connectivity index (χ4n) is 3.87. The number of benzene rings is 1. The highest BCUT2D eigenvalue weighted by Crippen LogP contribution is 2.38. The predicted molar refractivity (Wildman–Crippen MR) is 110 cm³/mol. The van der Waals surface area contributed by atoms with Gasteiger partial charge in [0, 0.05) is 49.5 Å². The zero-order valence-electron chi connectivity index (χ0n) is 16.7. The van der Waals surface area contributed by atoms with Crippen molar-refractivity contribution in [2.75, 3.05) is 32.8 Å². The number of pyridine rings is 2. The van der Waals surface area contributed by atoms with E-state index < -0.39 is 11.9 Å². The highest BCUT2D eigenvalue weighted by atomic mass is 19.1. The van der Waals surface area contributed by atoms with Crippen LogP contribution < -0.4 is 0 Å². The number of phenols is 1. The molecule has 1 atom stereocenters. The van der Waals surface area contributed by atoms with E-state index in [4.69, 9.17) is 4.74 Å². The normalized spacial score (nSPS) is 15.9. The van der Waals surface area contributed by atoms with Gasteiger partial charge in [0.05, 0.1) is 18.3 Å². The van der Waals surface area contributed by atoms with Gasteiger partial charge in [-0.1, -0.05) is 6.07 Å². The van der Waals surface area contributed by atoms with Crippen LogP contribution in [0, 0.1) is 5.82 Å². The SMILES string of the molecule is CCOC(=O)N1CCN(C(c2ccccn2)c2cc(F)c3cccnc3c2O)CC1. The van der Waals surface area contributed by atoms with Crippen LogP contribution in [0.5, 0.6) is 5.75 Å². The van der Waals surface area contributed by atoms with Gasteiger partial charge in [-0.2, -0.15) is 0 Å². The first-order valence-corrected chi connectivity index (χ1v) is 9.93. The Morgan fingerprint density at radius 2 is 1.93 bits per heavy atom. The van der Waals surface area contributed by atoms with Gasteiger partial charge in [0.15, 0.2) is 0 Å². The molecule has 4 rings (SSSR count). The van der Waals surface area contributed by atoms with Crippen LogP contribution in [0.4, 0.5) is 9.18 Å². The Morgan fingerprint density at radius 1 is 1.17 bits per heavy atom. The molecule has 7 nitrogen and oxygen atoms in total. The van der Waals surface area contributed by atoms with Gasteiger partial charge in [0.1, 0.15) is 17.1 Å². The number of halogens is 1. The van der Waals surface area contributed by atoms with Crippen LogP contribution in [0.25, 0.3) is 10.9 Å². The van der Waals surface area contributed by atoms with Gasteiger partial charge >= 0.3 is 6.09 Å². The quantitative estimate of drug-likeness (QED) is 0.711. The molecule has 8 heteroatoms. The second kappa shape index (κ2) is 8.62. The lowest BCUT2D eigenvalue weighted by Gasteiger charge is -2.39.